The summed E-state index contributed by atoms with van der Waals surface area (Å²) in [5.74, 6) is 0.232. The molecule has 0 aliphatic rings. The molecule has 4 rings (SSSR count). The number of nitrogens with zero attached hydrogens (tertiary/aromatic N) is 2. The van der Waals surface area contributed by atoms with E-state index in [0.29, 0.717) is 11.6 Å². The molecule has 1 heterocycles. The molecule has 4 aromatic rings. The van der Waals surface area contributed by atoms with Crippen LogP contribution in [0, 0.1) is 5.82 Å². The van der Waals surface area contributed by atoms with E-state index in [1.54, 1.807) is 0 Å². The smallest absolute Gasteiger partial charge is 0.310 e. The number of hydrogen-bond donors (Lipinski definition) is 0. The second-order valence-electron chi connectivity index (χ2n) is 6.32. The summed E-state index contributed by atoms with van der Waals surface area (Å²) in [6.07, 6.45) is 0.149. The van der Waals surface area contributed by atoms with E-state index < -0.39 is 0 Å². The second-order valence-corrected chi connectivity index (χ2v) is 6.32. The summed E-state index contributed by atoms with van der Waals surface area (Å²) in [6, 6.07) is 19.3. The van der Waals surface area contributed by atoms with Crippen molar-refractivity contribution in [2.24, 2.45) is 0 Å². The first kappa shape index (κ1) is 18.6. The van der Waals surface area contributed by atoms with Gasteiger partial charge in [-0.1, -0.05) is 47.6 Å². The number of ether oxygens (including phenoxy) is 2. The first-order chi connectivity index (χ1) is 14.2. The highest BCUT2D eigenvalue weighted by Gasteiger charge is 2.12. The van der Waals surface area contributed by atoms with Gasteiger partial charge in [-0.25, -0.2) is 4.39 Å². The third-order valence-corrected chi connectivity index (χ3v) is 4.26. The summed E-state index contributed by atoms with van der Waals surface area (Å²) in [4.78, 5) is 16.3. The van der Waals surface area contributed by atoms with Crippen LogP contribution in [0.4, 0.5) is 4.39 Å². The number of halogens is 1. The average molecular weight is 392 g/mol. The van der Waals surface area contributed by atoms with Crippen LogP contribution in [-0.2, 0) is 29.2 Å². The van der Waals surface area contributed by atoms with Crippen LogP contribution in [-0.4, -0.2) is 16.1 Å². The fourth-order valence-corrected chi connectivity index (χ4v) is 2.88. The highest BCUT2D eigenvalue weighted by molar-refractivity contribution is 5.88. The number of fused-ring (bicyclic) bond motifs is 1. The van der Waals surface area contributed by atoms with Gasteiger partial charge in [0.05, 0.1) is 6.42 Å². The van der Waals surface area contributed by atoms with Crippen LogP contribution in [0.5, 0.6) is 5.75 Å². The number of hydrogen-bond acceptors (Lipinski definition) is 6. The quantitative estimate of drug-likeness (QED) is 0.438. The van der Waals surface area contributed by atoms with Gasteiger partial charge in [-0.3, -0.25) is 4.79 Å². The van der Waals surface area contributed by atoms with Gasteiger partial charge in [0.25, 0.3) is 5.89 Å². The zero-order chi connectivity index (χ0) is 20.1. The van der Waals surface area contributed by atoms with Crippen molar-refractivity contribution in [3.63, 3.8) is 0 Å². The summed E-state index contributed by atoms with van der Waals surface area (Å²) < 4.78 is 28.6. The van der Waals surface area contributed by atoms with Crippen molar-refractivity contribution in [3.8, 4) is 5.75 Å². The predicted molar refractivity (Wildman–Crippen MR) is 102 cm³/mol. The Balaban J connectivity index is 1.30. The monoisotopic (exact) mass is 392 g/mol. The van der Waals surface area contributed by atoms with E-state index in [9.17, 15) is 9.18 Å². The highest BCUT2D eigenvalue weighted by Crippen LogP contribution is 2.19. The van der Waals surface area contributed by atoms with E-state index in [4.69, 9.17) is 14.0 Å². The van der Waals surface area contributed by atoms with Crippen molar-refractivity contribution in [2.45, 2.75) is 19.6 Å². The second kappa shape index (κ2) is 8.52. The Morgan fingerprint density at radius 3 is 2.62 bits per heavy atom. The molecule has 0 bridgehead atoms. The fourth-order valence-electron chi connectivity index (χ4n) is 2.88. The third-order valence-electron chi connectivity index (χ3n) is 4.26. The normalized spacial score (nSPS) is 10.8. The van der Waals surface area contributed by atoms with Crippen molar-refractivity contribution in [1.82, 2.24) is 10.1 Å². The molecule has 0 radical (unpaired) electrons. The van der Waals surface area contributed by atoms with Gasteiger partial charge >= 0.3 is 5.97 Å². The van der Waals surface area contributed by atoms with Crippen molar-refractivity contribution >= 4 is 16.7 Å². The Morgan fingerprint density at radius 1 is 0.966 bits per heavy atom. The number of aromatic nitrogens is 2. The van der Waals surface area contributed by atoms with Gasteiger partial charge < -0.3 is 14.0 Å². The number of carbonyl (C=O) groups is 1. The van der Waals surface area contributed by atoms with Gasteiger partial charge in [0.15, 0.2) is 13.2 Å². The number of carbonyl (C=O) groups excluding carboxylic acids is 1. The molecule has 0 saturated heterocycles. The van der Waals surface area contributed by atoms with Crippen molar-refractivity contribution in [3.05, 3.63) is 89.8 Å². The van der Waals surface area contributed by atoms with Crippen LogP contribution in [0.3, 0.4) is 0 Å². The lowest BCUT2D eigenvalue weighted by atomic mass is 10.0. The topological polar surface area (TPSA) is 74.5 Å². The molecule has 146 valence electrons. The molecule has 29 heavy (non-hydrogen) atoms. The van der Waals surface area contributed by atoms with Crippen molar-refractivity contribution in [2.75, 3.05) is 0 Å². The minimum absolute atomic E-state index is 0.0546. The lowest BCUT2D eigenvalue weighted by molar-refractivity contribution is -0.144. The molecular weight excluding hydrogens is 375 g/mol. The van der Waals surface area contributed by atoms with E-state index in [1.807, 2.05) is 42.5 Å². The number of benzene rings is 3. The molecule has 0 aliphatic heterocycles. The maximum absolute atomic E-state index is 12.9. The van der Waals surface area contributed by atoms with Crippen LogP contribution in [0.2, 0.25) is 0 Å². The van der Waals surface area contributed by atoms with Gasteiger partial charge in [-0.05, 0) is 40.6 Å². The Morgan fingerprint density at radius 2 is 1.76 bits per heavy atom. The van der Waals surface area contributed by atoms with Crippen molar-refractivity contribution < 1.29 is 23.2 Å². The van der Waals surface area contributed by atoms with Crippen LogP contribution in [0.15, 0.2) is 71.3 Å². The van der Waals surface area contributed by atoms with Gasteiger partial charge in [-0.15, -0.1) is 0 Å². The first-order valence-corrected chi connectivity index (χ1v) is 8.99. The minimum atomic E-state index is -0.385. The summed E-state index contributed by atoms with van der Waals surface area (Å²) in [5, 5.41) is 5.86. The molecule has 1 aromatic heterocycles. The first-order valence-electron chi connectivity index (χ1n) is 8.99. The molecule has 0 saturated carbocycles. The zero-order valence-electron chi connectivity index (χ0n) is 15.4. The number of esters is 1. The molecule has 3 aromatic carbocycles. The molecule has 0 unspecified atom stereocenters. The Kier molecular flexibility index (Phi) is 5.47. The van der Waals surface area contributed by atoms with E-state index >= 15 is 0 Å². The number of rotatable bonds is 7. The molecule has 0 fully saturated rings. The summed E-state index contributed by atoms with van der Waals surface area (Å²) >= 11 is 0. The van der Waals surface area contributed by atoms with Crippen LogP contribution in [0.25, 0.3) is 10.8 Å². The van der Waals surface area contributed by atoms with E-state index in [-0.39, 0.29) is 37.3 Å². The summed E-state index contributed by atoms with van der Waals surface area (Å²) in [5.41, 5.74) is 0.895. The largest absolute Gasteiger partial charge is 0.485 e. The van der Waals surface area contributed by atoms with E-state index in [1.165, 1.54) is 24.3 Å². The van der Waals surface area contributed by atoms with E-state index in [0.717, 1.165) is 16.3 Å². The lowest BCUT2D eigenvalue weighted by Crippen LogP contribution is -2.08. The summed E-state index contributed by atoms with van der Waals surface area (Å²) in [7, 11) is 0. The van der Waals surface area contributed by atoms with Gasteiger partial charge in [0, 0.05) is 0 Å². The molecule has 7 heteroatoms. The fraction of sp³-hybridized carbons (Fsp3) is 0.136. The Hall–Kier alpha value is -3.74. The van der Waals surface area contributed by atoms with Crippen LogP contribution >= 0.6 is 0 Å². The standard InChI is InChI=1S/C22H17FN2O4/c23-17-8-10-18(11-9-17)27-13-20-24-21(29-25-20)14-28-22(26)12-16-6-3-5-15-4-1-2-7-19(15)16/h1-11H,12-14H2. The molecule has 0 atom stereocenters. The van der Waals surface area contributed by atoms with Gasteiger partial charge in [0.1, 0.15) is 11.6 Å². The van der Waals surface area contributed by atoms with Gasteiger partial charge in [-0.2, -0.15) is 4.98 Å². The lowest BCUT2D eigenvalue weighted by Gasteiger charge is -2.06. The minimum Gasteiger partial charge on any atom is -0.485 e. The molecule has 0 amide bonds. The predicted octanol–water partition coefficient (Wildman–Crippen LogP) is 4.23. The van der Waals surface area contributed by atoms with Crippen LogP contribution < -0.4 is 4.74 Å². The zero-order valence-corrected chi connectivity index (χ0v) is 15.4. The van der Waals surface area contributed by atoms with Crippen molar-refractivity contribution in [1.29, 1.82) is 0 Å². The Bertz CT molecular complexity index is 1120. The average Bonchev–Trinajstić information content (AvgIpc) is 3.20. The summed E-state index contributed by atoms with van der Waals surface area (Å²) in [6.45, 7) is -0.0633. The molecule has 6 nitrogen and oxygen atoms in total. The highest BCUT2D eigenvalue weighted by atomic mass is 19.1. The SMILES string of the molecule is O=C(Cc1cccc2ccccc12)OCc1nc(COc2ccc(F)cc2)no1. The van der Waals surface area contributed by atoms with Crippen LogP contribution in [0.1, 0.15) is 17.3 Å². The molecule has 0 N–H and O–H groups in total. The molecule has 0 aliphatic carbocycles. The third kappa shape index (κ3) is 4.76. The molecular formula is C22H17FN2O4. The van der Waals surface area contributed by atoms with E-state index in [2.05, 4.69) is 10.1 Å². The Labute approximate surface area is 165 Å². The maximum atomic E-state index is 12.9. The maximum Gasteiger partial charge on any atom is 0.310 e. The molecule has 0 spiro atoms. The van der Waals surface area contributed by atoms with Gasteiger partial charge in [0.2, 0.25) is 5.82 Å².